The minimum absolute atomic E-state index is 0.138. The van der Waals surface area contributed by atoms with Crippen molar-refractivity contribution in [3.05, 3.63) is 53.2 Å². The number of anilines is 1. The van der Waals surface area contributed by atoms with Crippen LogP contribution in [0.3, 0.4) is 0 Å². The Morgan fingerprint density at radius 1 is 1.26 bits per heavy atom. The maximum Gasteiger partial charge on any atom is 0.418 e. The SMILES string of the molecule is CC(C)=CC(=O)Nc1cc(C)nn1-c1ccccc1C(F)(F)F. The lowest BCUT2D eigenvalue weighted by Crippen LogP contribution is -2.16. The van der Waals surface area contributed by atoms with Gasteiger partial charge in [0, 0.05) is 12.1 Å². The number of carbonyl (C=O) groups excluding carboxylic acids is 1. The molecule has 0 bridgehead atoms. The van der Waals surface area contributed by atoms with E-state index in [0.29, 0.717) is 5.69 Å². The maximum atomic E-state index is 13.2. The summed E-state index contributed by atoms with van der Waals surface area (Å²) in [5.74, 6) is -0.239. The van der Waals surface area contributed by atoms with Gasteiger partial charge in [-0.1, -0.05) is 17.7 Å². The number of carbonyl (C=O) groups is 1. The van der Waals surface area contributed by atoms with Gasteiger partial charge in [0.15, 0.2) is 0 Å². The Kier molecular flexibility index (Phi) is 4.58. The molecule has 1 amide bonds. The van der Waals surface area contributed by atoms with Gasteiger partial charge in [0.05, 0.1) is 16.9 Å². The van der Waals surface area contributed by atoms with E-state index in [0.717, 1.165) is 16.3 Å². The molecule has 0 saturated heterocycles. The van der Waals surface area contributed by atoms with E-state index in [-0.39, 0.29) is 11.5 Å². The molecule has 0 unspecified atom stereocenters. The molecule has 0 radical (unpaired) electrons. The Labute approximate surface area is 131 Å². The molecule has 0 atom stereocenters. The monoisotopic (exact) mass is 323 g/mol. The Balaban J connectivity index is 2.50. The second-order valence-electron chi connectivity index (χ2n) is 5.31. The summed E-state index contributed by atoms with van der Waals surface area (Å²) in [6.07, 6.45) is -3.15. The molecule has 122 valence electrons. The third kappa shape index (κ3) is 4.00. The first kappa shape index (κ1) is 16.8. The molecule has 1 heterocycles. The van der Waals surface area contributed by atoms with Gasteiger partial charge >= 0.3 is 6.18 Å². The summed E-state index contributed by atoms with van der Waals surface area (Å²) in [4.78, 5) is 11.8. The number of hydrogen-bond acceptors (Lipinski definition) is 2. The van der Waals surface area contributed by atoms with Gasteiger partial charge in [-0.05, 0) is 32.9 Å². The zero-order valence-corrected chi connectivity index (χ0v) is 12.9. The summed E-state index contributed by atoms with van der Waals surface area (Å²) >= 11 is 0. The van der Waals surface area contributed by atoms with Crippen molar-refractivity contribution >= 4 is 11.7 Å². The third-order valence-electron chi connectivity index (χ3n) is 2.94. The molecule has 7 heteroatoms. The number of alkyl halides is 3. The number of amides is 1. The molecule has 1 N–H and O–H groups in total. The molecular weight excluding hydrogens is 307 g/mol. The molecule has 2 rings (SSSR count). The first-order valence-electron chi connectivity index (χ1n) is 6.87. The number of benzene rings is 1. The van der Waals surface area contributed by atoms with E-state index < -0.39 is 17.6 Å². The number of aromatic nitrogens is 2. The summed E-state index contributed by atoms with van der Waals surface area (Å²) in [5.41, 5.74) is 0.317. The van der Waals surface area contributed by atoms with Crippen LogP contribution in [-0.4, -0.2) is 15.7 Å². The number of para-hydroxylation sites is 1. The van der Waals surface area contributed by atoms with Gasteiger partial charge in [0.25, 0.3) is 0 Å². The van der Waals surface area contributed by atoms with Crippen LogP contribution in [0.2, 0.25) is 0 Å². The lowest BCUT2D eigenvalue weighted by molar-refractivity contribution is -0.137. The van der Waals surface area contributed by atoms with Gasteiger partial charge in [-0.3, -0.25) is 4.79 Å². The van der Waals surface area contributed by atoms with Gasteiger partial charge in [-0.15, -0.1) is 0 Å². The zero-order valence-electron chi connectivity index (χ0n) is 12.9. The van der Waals surface area contributed by atoms with Crippen LogP contribution >= 0.6 is 0 Å². The predicted octanol–water partition coefficient (Wildman–Crippen LogP) is 4.10. The number of hydrogen-bond donors (Lipinski definition) is 1. The molecule has 0 spiro atoms. The van der Waals surface area contributed by atoms with Crippen molar-refractivity contribution in [2.45, 2.75) is 26.9 Å². The molecule has 0 aliphatic rings. The van der Waals surface area contributed by atoms with E-state index in [1.54, 1.807) is 20.8 Å². The van der Waals surface area contributed by atoms with Gasteiger partial charge in [-0.2, -0.15) is 18.3 Å². The van der Waals surface area contributed by atoms with Crippen LogP contribution in [0.4, 0.5) is 19.0 Å². The Bertz CT molecular complexity index is 756. The first-order valence-corrected chi connectivity index (χ1v) is 6.87. The molecule has 1 aromatic carbocycles. The fraction of sp³-hybridized carbons (Fsp3) is 0.250. The van der Waals surface area contributed by atoms with E-state index in [1.807, 2.05) is 0 Å². The summed E-state index contributed by atoms with van der Waals surface area (Å²) in [5, 5.41) is 6.63. The van der Waals surface area contributed by atoms with Crippen LogP contribution in [0.25, 0.3) is 5.69 Å². The molecule has 4 nitrogen and oxygen atoms in total. The Morgan fingerprint density at radius 2 is 1.91 bits per heavy atom. The van der Waals surface area contributed by atoms with Gasteiger partial charge in [0.1, 0.15) is 5.82 Å². The number of rotatable bonds is 3. The number of nitrogens with one attached hydrogen (secondary N) is 1. The minimum Gasteiger partial charge on any atom is -0.307 e. The average Bonchev–Trinajstić information content (AvgIpc) is 2.77. The number of allylic oxidation sites excluding steroid dienone is 1. The summed E-state index contributed by atoms with van der Waals surface area (Å²) in [7, 11) is 0. The molecule has 23 heavy (non-hydrogen) atoms. The van der Waals surface area contributed by atoms with Gasteiger partial charge < -0.3 is 5.32 Å². The van der Waals surface area contributed by atoms with Crippen molar-refractivity contribution in [2.24, 2.45) is 0 Å². The van der Waals surface area contributed by atoms with Crippen molar-refractivity contribution in [1.29, 1.82) is 0 Å². The highest BCUT2D eigenvalue weighted by atomic mass is 19.4. The van der Waals surface area contributed by atoms with Crippen molar-refractivity contribution in [3.8, 4) is 5.69 Å². The molecule has 1 aromatic heterocycles. The van der Waals surface area contributed by atoms with Crippen LogP contribution in [-0.2, 0) is 11.0 Å². The molecule has 2 aromatic rings. The number of nitrogens with zero attached hydrogens (tertiary/aromatic N) is 2. The highest BCUT2D eigenvalue weighted by molar-refractivity contribution is 5.99. The standard InChI is InChI=1S/C16H16F3N3O/c1-10(2)8-15(23)20-14-9-11(3)21-22(14)13-7-5-4-6-12(13)16(17,18)19/h4-9H,1-3H3,(H,20,23). The largest absolute Gasteiger partial charge is 0.418 e. The maximum absolute atomic E-state index is 13.2. The summed E-state index contributed by atoms with van der Waals surface area (Å²) in [6.45, 7) is 5.14. The van der Waals surface area contributed by atoms with Crippen LogP contribution in [0.5, 0.6) is 0 Å². The summed E-state index contributed by atoms with van der Waals surface area (Å²) in [6, 6.07) is 6.61. The lowest BCUT2D eigenvalue weighted by atomic mass is 10.1. The minimum atomic E-state index is -4.52. The average molecular weight is 323 g/mol. The van der Waals surface area contributed by atoms with Crippen LogP contribution in [0.15, 0.2) is 42.0 Å². The molecular formula is C16H16F3N3O. The Hall–Kier alpha value is -2.57. The lowest BCUT2D eigenvalue weighted by Gasteiger charge is -2.14. The third-order valence-corrected chi connectivity index (χ3v) is 2.94. The normalized spacial score (nSPS) is 11.2. The van der Waals surface area contributed by atoms with Crippen LogP contribution in [0.1, 0.15) is 25.1 Å². The molecule has 0 fully saturated rings. The zero-order chi connectivity index (χ0) is 17.2. The van der Waals surface area contributed by atoms with Gasteiger partial charge in [0.2, 0.25) is 5.91 Å². The van der Waals surface area contributed by atoms with E-state index >= 15 is 0 Å². The predicted molar refractivity (Wildman–Crippen MR) is 81.4 cm³/mol. The van der Waals surface area contributed by atoms with Gasteiger partial charge in [-0.25, -0.2) is 4.68 Å². The van der Waals surface area contributed by atoms with Crippen LogP contribution in [0, 0.1) is 6.92 Å². The van der Waals surface area contributed by atoms with Crippen LogP contribution < -0.4 is 5.32 Å². The quantitative estimate of drug-likeness (QED) is 0.864. The highest BCUT2D eigenvalue weighted by Crippen LogP contribution is 2.34. The topological polar surface area (TPSA) is 46.9 Å². The Morgan fingerprint density at radius 3 is 2.52 bits per heavy atom. The van der Waals surface area contributed by atoms with E-state index in [2.05, 4.69) is 10.4 Å². The van der Waals surface area contributed by atoms with E-state index in [4.69, 9.17) is 0 Å². The van der Waals surface area contributed by atoms with Crippen molar-refractivity contribution < 1.29 is 18.0 Å². The second kappa shape index (κ2) is 6.28. The van der Waals surface area contributed by atoms with Crippen molar-refractivity contribution in [2.75, 3.05) is 5.32 Å². The highest BCUT2D eigenvalue weighted by Gasteiger charge is 2.34. The molecule has 0 aliphatic heterocycles. The fourth-order valence-electron chi connectivity index (χ4n) is 2.09. The smallest absolute Gasteiger partial charge is 0.307 e. The van der Waals surface area contributed by atoms with Crippen molar-refractivity contribution in [3.63, 3.8) is 0 Å². The van der Waals surface area contributed by atoms with Crippen molar-refractivity contribution in [1.82, 2.24) is 9.78 Å². The number of aryl methyl sites for hydroxylation is 1. The molecule has 0 saturated carbocycles. The van der Waals surface area contributed by atoms with E-state index in [9.17, 15) is 18.0 Å². The number of halogens is 3. The van der Waals surface area contributed by atoms with E-state index in [1.165, 1.54) is 30.3 Å². The summed E-state index contributed by atoms with van der Waals surface area (Å²) < 4.78 is 40.6. The second-order valence-corrected chi connectivity index (χ2v) is 5.31. The fourth-order valence-corrected chi connectivity index (χ4v) is 2.09. The first-order chi connectivity index (χ1) is 10.7. The molecule has 0 aliphatic carbocycles.